The third-order valence-electron chi connectivity index (χ3n) is 3.73. The van der Waals surface area contributed by atoms with Gasteiger partial charge in [-0.15, -0.1) is 0 Å². The normalized spacial score (nSPS) is 21.4. The van der Waals surface area contributed by atoms with Crippen molar-refractivity contribution >= 4 is 5.91 Å². The molecule has 0 aromatic carbocycles. The predicted molar refractivity (Wildman–Crippen MR) is 77.0 cm³/mol. The standard InChI is InChI=1S/C16H20N2O2/c1-12-10-18(11-13(12)2)16(20)15-7-6-14(9-17-15)5-3-4-8-19/h6-7,9,12-13,19H,4,8,10-11H2,1-2H3. The molecule has 1 aromatic heterocycles. The van der Waals surface area contributed by atoms with E-state index in [-0.39, 0.29) is 12.5 Å². The molecule has 1 saturated heterocycles. The zero-order valence-electron chi connectivity index (χ0n) is 12.0. The summed E-state index contributed by atoms with van der Waals surface area (Å²) in [6.07, 6.45) is 2.06. The van der Waals surface area contributed by atoms with E-state index < -0.39 is 0 Å². The van der Waals surface area contributed by atoms with Crippen LogP contribution in [-0.2, 0) is 0 Å². The van der Waals surface area contributed by atoms with E-state index in [0.717, 1.165) is 18.7 Å². The molecule has 2 rings (SSSR count). The van der Waals surface area contributed by atoms with Crippen LogP contribution in [0.1, 0.15) is 36.3 Å². The molecule has 4 heteroatoms. The molecule has 1 aromatic rings. The summed E-state index contributed by atoms with van der Waals surface area (Å²) in [5.41, 5.74) is 1.23. The summed E-state index contributed by atoms with van der Waals surface area (Å²) >= 11 is 0. The van der Waals surface area contributed by atoms with Crippen molar-refractivity contribution in [2.24, 2.45) is 11.8 Å². The molecule has 2 heterocycles. The number of aromatic nitrogens is 1. The fourth-order valence-electron chi connectivity index (χ4n) is 2.27. The Morgan fingerprint density at radius 1 is 1.40 bits per heavy atom. The van der Waals surface area contributed by atoms with Gasteiger partial charge in [0.25, 0.3) is 5.91 Å². The third-order valence-corrected chi connectivity index (χ3v) is 3.73. The minimum atomic E-state index is -0.00364. The second kappa shape index (κ2) is 6.53. The first-order valence-corrected chi connectivity index (χ1v) is 6.97. The monoisotopic (exact) mass is 272 g/mol. The van der Waals surface area contributed by atoms with E-state index in [1.807, 2.05) is 4.90 Å². The van der Waals surface area contributed by atoms with Crippen molar-refractivity contribution in [1.29, 1.82) is 0 Å². The van der Waals surface area contributed by atoms with Gasteiger partial charge in [-0.1, -0.05) is 25.7 Å². The average molecular weight is 272 g/mol. The molecular weight excluding hydrogens is 252 g/mol. The first-order chi connectivity index (χ1) is 9.61. The van der Waals surface area contributed by atoms with Gasteiger partial charge in [-0.25, -0.2) is 4.98 Å². The van der Waals surface area contributed by atoms with Crippen LogP contribution >= 0.6 is 0 Å². The molecule has 1 aliphatic rings. The lowest BCUT2D eigenvalue weighted by Gasteiger charge is -2.15. The highest BCUT2D eigenvalue weighted by molar-refractivity contribution is 5.92. The maximum Gasteiger partial charge on any atom is 0.272 e. The molecule has 2 atom stereocenters. The highest BCUT2D eigenvalue weighted by Gasteiger charge is 2.30. The van der Waals surface area contributed by atoms with Gasteiger partial charge in [0.1, 0.15) is 5.69 Å². The molecule has 1 amide bonds. The average Bonchev–Trinajstić information content (AvgIpc) is 2.79. The van der Waals surface area contributed by atoms with E-state index in [9.17, 15) is 4.79 Å². The first-order valence-electron chi connectivity index (χ1n) is 6.97. The van der Waals surface area contributed by atoms with Crippen LogP contribution in [0.4, 0.5) is 0 Å². The molecule has 4 nitrogen and oxygen atoms in total. The van der Waals surface area contributed by atoms with Crippen molar-refractivity contribution in [3.63, 3.8) is 0 Å². The predicted octanol–water partition coefficient (Wildman–Crippen LogP) is 1.54. The van der Waals surface area contributed by atoms with Crippen molar-refractivity contribution in [2.45, 2.75) is 20.3 Å². The van der Waals surface area contributed by atoms with Crippen LogP contribution in [-0.4, -0.2) is 40.6 Å². The largest absolute Gasteiger partial charge is 0.395 e. The summed E-state index contributed by atoms with van der Waals surface area (Å²) in [7, 11) is 0. The van der Waals surface area contributed by atoms with Crippen molar-refractivity contribution in [2.75, 3.05) is 19.7 Å². The molecule has 0 saturated carbocycles. The van der Waals surface area contributed by atoms with Gasteiger partial charge in [-0.3, -0.25) is 4.79 Å². The van der Waals surface area contributed by atoms with Gasteiger partial charge in [-0.2, -0.15) is 0 Å². The molecule has 0 aliphatic carbocycles. The Labute approximate surface area is 119 Å². The Morgan fingerprint density at radius 3 is 2.65 bits per heavy atom. The molecule has 1 N–H and O–H groups in total. The second-order valence-electron chi connectivity index (χ2n) is 5.37. The maximum atomic E-state index is 12.3. The number of nitrogens with zero attached hydrogens (tertiary/aromatic N) is 2. The van der Waals surface area contributed by atoms with Crippen LogP contribution in [0.2, 0.25) is 0 Å². The Bertz CT molecular complexity index is 518. The van der Waals surface area contributed by atoms with Gasteiger partial charge in [0.15, 0.2) is 0 Å². The van der Waals surface area contributed by atoms with Gasteiger partial charge in [-0.05, 0) is 24.0 Å². The van der Waals surface area contributed by atoms with E-state index in [4.69, 9.17) is 5.11 Å². The van der Waals surface area contributed by atoms with Crippen molar-refractivity contribution in [3.05, 3.63) is 29.6 Å². The summed E-state index contributed by atoms with van der Waals surface area (Å²) < 4.78 is 0. The molecule has 0 radical (unpaired) electrons. The van der Waals surface area contributed by atoms with Crippen molar-refractivity contribution in [3.8, 4) is 11.8 Å². The maximum absolute atomic E-state index is 12.3. The number of carbonyl (C=O) groups is 1. The van der Waals surface area contributed by atoms with Crippen molar-refractivity contribution in [1.82, 2.24) is 9.88 Å². The van der Waals surface area contributed by atoms with E-state index in [2.05, 4.69) is 30.7 Å². The highest BCUT2D eigenvalue weighted by Crippen LogP contribution is 2.23. The molecule has 1 aliphatic heterocycles. The number of amides is 1. The molecule has 0 bridgehead atoms. The fraction of sp³-hybridized carbons (Fsp3) is 0.500. The number of aliphatic hydroxyl groups excluding tert-OH is 1. The zero-order valence-corrected chi connectivity index (χ0v) is 12.0. The van der Waals surface area contributed by atoms with Gasteiger partial charge in [0.05, 0.1) is 6.61 Å². The Hall–Kier alpha value is -1.86. The number of carbonyl (C=O) groups excluding carboxylic acids is 1. The molecule has 106 valence electrons. The third kappa shape index (κ3) is 3.37. The number of pyridine rings is 1. The van der Waals surface area contributed by atoms with Crippen LogP contribution in [0.3, 0.4) is 0 Å². The van der Waals surface area contributed by atoms with Gasteiger partial charge >= 0.3 is 0 Å². The van der Waals surface area contributed by atoms with E-state index in [1.54, 1.807) is 18.3 Å². The Kier molecular flexibility index (Phi) is 4.75. The Morgan fingerprint density at radius 2 is 2.10 bits per heavy atom. The summed E-state index contributed by atoms with van der Waals surface area (Å²) in [6.45, 7) is 6.01. The van der Waals surface area contributed by atoms with Crippen molar-refractivity contribution < 1.29 is 9.90 Å². The SMILES string of the molecule is CC1CN(C(=O)c2ccc(C#CCCO)cn2)CC1C. The lowest BCUT2D eigenvalue weighted by Crippen LogP contribution is -2.29. The first kappa shape index (κ1) is 14.5. The summed E-state index contributed by atoms with van der Waals surface area (Å²) in [5.74, 6) is 6.81. The fourth-order valence-corrected chi connectivity index (χ4v) is 2.27. The number of likely N-dealkylation sites (tertiary alicyclic amines) is 1. The van der Waals surface area contributed by atoms with E-state index in [0.29, 0.717) is 24.0 Å². The topological polar surface area (TPSA) is 53.4 Å². The minimum absolute atomic E-state index is 0.00364. The van der Waals surface area contributed by atoms with Gasteiger partial charge < -0.3 is 10.0 Å². The molecule has 1 fully saturated rings. The molecule has 20 heavy (non-hydrogen) atoms. The van der Waals surface area contributed by atoms with E-state index in [1.165, 1.54) is 0 Å². The number of hydrogen-bond acceptors (Lipinski definition) is 3. The lowest BCUT2D eigenvalue weighted by atomic mass is 10.0. The molecular formula is C16H20N2O2. The Balaban J connectivity index is 2.03. The lowest BCUT2D eigenvalue weighted by molar-refractivity contribution is 0.0779. The van der Waals surface area contributed by atoms with Crippen LogP contribution in [0, 0.1) is 23.7 Å². The highest BCUT2D eigenvalue weighted by atomic mass is 16.2. The van der Waals surface area contributed by atoms with Crippen LogP contribution < -0.4 is 0 Å². The van der Waals surface area contributed by atoms with E-state index >= 15 is 0 Å². The second-order valence-corrected chi connectivity index (χ2v) is 5.37. The van der Waals surface area contributed by atoms with Crippen LogP contribution in [0.5, 0.6) is 0 Å². The quantitative estimate of drug-likeness (QED) is 0.831. The van der Waals surface area contributed by atoms with Gasteiger partial charge in [0.2, 0.25) is 0 Å². The number of aliphatic hydroxyl groups is 1. The van der Waals surface area contributed by atoms with Crippen LogP contribution in [0.25, 0.3) is 0 Å². The summed E-state index contributed by atoms with van der Waals surface area (Å²) in [6, 6.07) is 3.52. The molecule has 0 spiro atoms. The summed E-state index contributed by atoms with van der Waals surface area (Å²) in [5, 5.41) is 8.66. The van der Waals surface area contributed by atoms with Gasteiger partial charge in [0, 0.05) is 31.3 Å². The smallest absolute Gasteiger partial charge is 0.272 e. The van der Waals surface area contributed by atoms with Crippen LogP contribution in [0.15, 0.2) is 18.3 Å². The number of rotatable bonds is 2. The summed E-state index contributed by atoms with van der Waals surface area (Å²) in [4.78, 5) is 18.4. The number of hydrogen-bond donors (Lipinski definition) is 1. The zero-order chi connectivity index (χ0) is 14.5. The molecule has 2 unspecified atom stereocenters. The minimum Gasteiger partial charge on any atom is -0.395 e.